The van der Waals surface area contributed by atoms with E-state index >= 15 is 0 Å². The zero-order chi connectivity index (χ0) is 19.2. The topological polar surface area (TPSA) is 75.9 Å². The Balaban J connectivity index is 1.83. The summed E-state index contributed by atoms with van der Waals surface area (Å²) in [7, 11) is 0. The third kappa shape index (κ3) is 4.69. The molecule has 1 aliphatic heterocycles. The number of amides is 2. The third-order valence-corrected chi connectivity index (χ3v) is 4.45. The Morgan fingerprint density at radius 2 is 1.67 bits per heavy atom. The van der Waals surface area contributed by atoms with Gasteiger partial charge in [-0.15, -0.1) is 0 Å². The van der Waals surface area contributed by atoms with Crippen molar-refractivity contribution in [2.75, 3.05) is 37.7 Å². The standard InChI is InChI=1S/C20H22FN3O3/c21-17-5-7-18(8-6-17)24(20(26)23-9-11-27-12-10-23)14-15-1-3-16(4-2-15)19(25)13-22/h1-8H,9-14,22H2. The number of morpholine rings is 1. The number of Topliss-reactive ketones (excluding diaryl/α,β-unsaturated/α-hetero) is 1. The smallest absolute Gasteiger partial charge is 0.324 e. The number of ketones is 1. The van der Waals surface area contributed by atoms with Crippen molar-refractivity contribution in [3.63, 3.8) is 0 Å². The minimum atomic E-state index is -0.359. The Morgan fingerprint density at radius 1 is 1.04 bits per heavy atom. The number of anilines is 1. The highest BCUT2D eigenvalue weighted by molar-refractivity contribution is 5.97. The van der Waals surface area contributed by atoms with Crippen LogP contribution in [0.5, 0.6) is 0 Å². The summed E-state index contributed by atoms with van der Waals surface area (Å²) < 4.78 is 18.6. The molecule has 0 aromatic heterocycles. The number of carbonyl (C=O) groups excluding carboxylic acids is 2. The number of halogens is 1. The van der Waals surface area contributed by atoms with Gasteiger partial charge in [-0.05, 0) is 29.8 Å². The van der Waals surface area contributed by atoms with E-state index in [4.69, 9.17) is 10.5 Å². The molecule has 6 nitrogen and oxygen atoms in total. The maximum absolute atomic E-state index is 13.3. The fourth-order valence-electron chi connectivity index (χ4n) is 2.91. The summed E-state index contributed by atoms with van der Waals surface area (Å²) in [6.45, 7) is 2.29. The highest BCUT2D eigenvalue weighted by Crippen LogP contribution is 2.21. The Bertz CT molecular complexity index is 787. The van der Waals surface area contributed by atoms with Crippen LogP contribution >= 0.6 is 0 Å². The normalized spacial score (nSPS) is 14.1. The van der Waals surface area contributed by atoms with Gasteiger partial charge < -0.3 is 15.4 Å². The van der Waals surface area contributed by atoms with Crippen LogP contribution in [-0.4, -0.2) is 49.6 Å². The summed E-state index contributed by atoms with van der Waals surface area (Å²) >= 11 is 0. The molecule has 142 valence electrons. The number of carbonyl (C=O) groups is 2. The number of urea groups is 1. The number of nitrogens with zero attached hydrogens (tertiary/aromatic N) is 2. The molecule has 1 fully saturated rings. The Morgan fingerprint density at radius 3 is 2.26 bits per heavy atom. The highest BCUT2D eigenvalue weighted by Gasteiger charge is 2.24. The molecule has 0 aliphatic carbocycles. The average molecular weight is 371 g/mol. The summed E-state index contributed by atoms with van der Waals surface area (Å²) in [4.78, 5) is 28.0. The lowest BCUT2D eigenvalue weighted by molar-refractivity contribution is 0.0548. The lowest BCUT2D eigenvalue weighted by Gasteiger charge is -2.33. The minimum Gasteiger partial charge on any atom is -0.378 e. The van der Waals surface area contributed by atoms with Crippen molar-refractivity contribution in [2.45, 2.75) is 6.54 Å². The first-order valence-electron chi connectivity index (χ1n) is 8.80. The van der Waals surface area contributed by atoms with Crippen LogP contribution in [-0.2, 0) is 11.3 Å². The van der Waals surface area contributed by atoms with Gasteiger partial charge in [0.1, 0.15) is 5.82 Å². The molecule has 2 aromatic carbocycles. The van der Waals surface area contributed by atoms with Crippen molar-refractivity contribution >= 4 is 17.5 Å². The summed E-state index contributed by atoms with van der Waals surface area (Å²) in [6, 6.07) is 12.7. The van der Waals surface area contributed by atoms with E-state index in [0.29, 0.717) is 44.1 Å². The molecule has 27 heavy (non-hydrogen) atoms. The van der Waals surface area contributed by atoms with Crippen LogP contribution < -0.4 is 10.6 Å². The van der Waals surface area contributed by atoms with Crippen molar-refractivity contribution in [1.29, 1.82) is 0 Å². The second kappa shape index (κ2) is 8.75. The van der Waals surface area contributed by atoms with Gasteiger partial charge in [-0.2, -0.15) is 0 Å². The first kappa shape index (κ1) is 19.0. The molecule has 0 saturated carbocycles. The largest absolute Gasteiger partial charge is 0.378 e. The van der Waals surface area contributed by atoms with Crippen LogP contribution in [0, 0.1) is 5.82 Å². The molecule has 2 N–H and O–H groups in total. The first-order chi connectivity index (χ1) is 13.1. The Labute approximate surface area is 157 Å². The lowest BCUT2D eigenvalue weighted by Crippen LogP contribution is -2.48. The van der Waals surface area contributed by atoms with Crippen molar-refractivity contribution in [1.82, 2.24) is 4.90 Å². The quantitative estimate of drug-likeness (QED) is 0.819. The van der Waals surface area contributed by atoms with E-state index in [1.165, 1.54) is 12.1 Å². The predicted octanol–water partition coefficient (Wildman–Crippen LogP) is 2.43. The summed E-state index contributed by atoms with van der Waals surface area (Å²) in [5.74, 6) is -0.497. The number of rotatable bonds is 5. The molecule has 0 bridgehead atoms. The lowest BCUT2D eigenvalue weighted by atomic mass is 10.1. The van der Waals surface area contributed by atoms with E-state index in [-0.39, 0.29) is 24.2 Å². The maximum Gasteiger partial charge on any atom is 0.324 e. The van der Waals surface area contributed by atoms with Crippen molar-refractivity contribution in [3.05, 3.63) is 65.5 Å². The predicted molar refractivity (Wildman–Crippen MR) is 100 cm³/mol. The maximum atomic E-state index is 13.3. The van der Waals surface area contributed by atoms with Crippen molar-refractivity contribution in [3.8, 4) is 0 Å². The molecule has 1 heterocycles. The van der Waals surface area contributed by atoms with Crippen LogP contribution in [0.3, 0.4) is 0 Å². The number of hydrogen-bond donors (Lipinski definition) is 1. The van der Waals surface area contributed by atoms with E-state index in [9.17, 15) is 14.0 Å². The molecule has 0 unspecified atom stereocenters. The van der Waals surface area contributed by atoms with Crippen molar-refractivity contribution < 1.29 is 18.7 Å². The van der Waals surface area contributed by atoms with Gasteiger partial charge in [-0.25, -0.2) is 9.18 Å². The van der Waals surface area contributed by atoms with E-state index < -0.39 is 0 Å². The molecule has 0 radical (unpaired) electrons. The Kier molecular flexibility index (Phi) is 6.16. The fourth-order valence-corrected chi connectivity index (χ4v) is 2.91. The van der Waals surface area contributed by atoms with Gasteiger partial charge in [-0.1, -0.05) is 24.3 Å². The zero-order valence-corrected chi connectivity index (χ0v) is 14.9. The molecular formula is C20H22FN3O3. The molecule has 0 atom stereocenters. The average Bonchev–Trinajstić information content (AvgIpc) is 2.73. The fraction of sp³-hybridized carbons (Fsp3) is 0.300. The summed E-state index contributed by atoms with van der Waals surface area (Å²) in [5, 5.41) is 0. The van der Waals surface area contributed by atoms with Crippen molar-refractivity contribution in [2.24, 2.45) is 5.73 Å². The molecule has 1 aliphatic rings. The molecule has 1 saturated heterocycles. The van der Waals surface area contributed by atoms with Gasteiger partial charge >= 0.3 is 6.03 Å². The van der Waals surface area contributed by atoms with Crippen LogP contribution in [0.15, 0.2) is 48.5 Å². The number of hydrogen-bond acceptors (Lipinski definition) is 4. The Hall–Kier alpha value is -2.77. The van der Waals surface area contributed by atoms with Gasteiger partial charge in [0.2, 0.25) is 0 Å². The number of benzene rings is 2. The van der Waals surface area contributed by atoms with E-state index in [1.807, 2.05) is 0 Å². The monoisotopic (exact) mass is 371 g/mol. The summed E-state index contributed by atoms with van der Waals surface area (Å²) in [5.41, 5.74) is 7.38. The van der Waals surface area contributed by atoms with Crippen LogP contribution in [0.1, 0.15) is 15.9 Å². The third-order valence-electron chi connectivity index (χ3n) is 4.45. The molecule has 0 spiro atoms. The van der Waals surface area contributed by atoms with Crippen LogP contribution in [0.25, 0.3) is 0 Å². The number of nitrogens with two attached hydrogens (primary N) is 1. The zero-order valence-electron chi connectivity index (χ0n) is 14.9. The molecule has 7 heteroatoms. The highest BCUT2D eigenvalue weighted by atomic mass is 19.1. The second-order valence-corrected chi connectivity index (χ2v) is 6.27. The second-order valence-electron chi connectivity index (χ2n) is 6.27. The van der Waals surface area contributed by atoms with Crippen LogP contribution in [0.2, 0.25) is 0 Å². The first-order valence-corrected chi connectivity index (χ1v) is 8.80. The number of ether oxygens (including phenoxy) is 1. The molecular weight excluding hydrogens is 349 g/mol. The molecule has 2 amide bonds. The molecule has 3 rings (SSSR count). The molecule has 2 aromatic rings. The van der Waals surface area contributed by atoms with E-state index in [2.05, 4.69) is 0 Å². The van der Waals surface area contributed by atoms with Gasteiger partial charge in [0.15, 0.2) is 5.78 Å². The van der Waals surface area contributed by atoms with Gasteiger partial charge in [0, 0.05) is 24.3 Å². The van der Waals surface area contributed by atoms with Gasteiger partial charge in [0.25, 0.3) is 0 Å². The minimum absolute atomic E-state index is 0.0451. The van der Waals surface area contributed by atoms with E-state index in [0.717, 1.165) is 5.56 Å². The van der Waals surface area contributed by atoms with Crippen LogP contribution in [0.4, 0.5) is 14.9 Å². The summed E-state index contributed by atoms with van der Waals surface area (Å²) in [6.07, 6.45) is 0. The van der Waals surface area contributed by atoms with Gasteiger partial charge in [-0.3, -0.25) is 9.69 Å². The van der Waals surface area contributed by atoms with E-state index in [1.54, 1.807) is 46.2 Å². The van der Waals surface area contributed by atoms with Gasteiger partial charge in [0.05, 0.1) is 26.3 Å². The SMILES string of the molecule is NCC(=O)c1ccc(CN(C(=O)N2CCOCC2)c2ccc(F)cc2)cc1.